The van der Waals surface area contributed by atoms with Crippen molar-refractivity contribution >= 4 is 21.6 Å². The summed E-state index contributed by atoms with van der Waals surface area (Å²) in [6.07, 6.45) is 0. The molecule has 0 unspecified atom stereocenters. The number of benzene rings is 2. The van der Waals surface area contributed by atoms with Gasteiger partial charge in [0.2, 0.25) is 10.0 Å². The van der Waals surface area contributed by atoms with Crippen LogP contribution in [-0.4, -0.2) is 20.1 Å². The number of hydrogen-bond acceptors (Lipinski definition) is 3. The number of rotatable bonds is 6. The van der Waals surface area contributed by atoms with Crippen LogP contribution in [0, 0.1) is 13.8 Å². The molecule has 0 saturated carbocycles. The van der Waals surface area contributed by atoms with Gasteiger partial charge in [-0.2, -0.15) is 0 Å². The van der Waals surface area contributed by atoms with E-state index in [0.29, 0.717) is 0 Å². The summed E-state index contributed by atoms with van der Waals surface area (Å²) in [6, 6.07) is 16.1. The van der Waals surface area contributed by atoms with Gasteiger partial charge in [-0.25, -0.2) is 13.1 Å². The molecule has 7 heteroatoms. The van der Waals surface area contributed by atoms with Crippen molar-refractivity contribution in [2.45, 2.75) is 25.3 Å². The normalized spacial score (nSPS) is 11.6. The van der Waals surface area contributed by atoms with E-state index in [0.717, 1.165) is 28.4 Å². The molecule has 0 saturated heterocycles. The Morgan fingerprint density at radius 3 is 2.37 bits per heavy atom. The number of aryl methyl sites for hydroxylation is 1. The third kappa shape index (κ3) is 4.03. The Morgan fingerprint density at radius 1 is 1.07 bits per heavy atom. The Morgan fingerprint density at radius 2 is 1.74 bits per heavy atom. The van der Waals surface area contributed by atoms with Crippen molar-refractivity contribution in [2.24, 2.45) is 0 Å². The van der Waals surface area contributed by atoms with Crippen LogP contribution in [0.5, 0.6) is 5.75 Å². The van der Waals surface area contributed by atoms with Gasteiger partial charge in [0.1, 0.15) is 10.6 Å². The molecule has 1 heterocycles. The number of hydrogen-bond donors (Lipinski definition) is 1. The van der Waals surface area contributed by atoms with E-state index in [2.05, 4.69) is 9.29 Å². The molecule has 3 rings (SSSR count). The molecule has 0 spiro atoms. The van der Waals surface area contributed by atoms with Crippen LogP contribution in [0.3, 0.4) is 0 Å². The third-order valence-electron chi connectivity index (χ3n) is 4.45. The number of ether oxygens (including phenoxy) is 1. The van der Waals surface area contributed by atoms with Crippen molar-refractivity contribution in [1.29, 1.82) is 0 Å². The zero-order chi connectivity index (χ0) is 19.6. The first-order chi connectivity index (χ1) is 12.8. The molecule has 0 aliphatic rings. The summed E-state index contributed by atoms with van der Waals surface area (Å²) in [4.78, 5) is 0.0793. The molecule has 27 heavy (non-hydrogen) atoms. The topological polar surface area (TPSA) is 60.3 Å². The fourth-order valence-electron chi connectivity index (χ4n) is 3.05. The highest BCUT2D eigenvalue weighted by atomic mass is 35.5. The van der Waals surface area contributed by atoms with Gasteiger partial charge in [0.15, 0.2) is 0 Å². The van der Waals surface area contributed by atoms with Gasteiger partial charge in [-0.05, 0) is 61.9 Å². The zero-order valence-corrected chi connectivity index (χ0v) is 16.9. The second-order valence-corrected chi connectivity index (χ2v) is 8.33. The van der Waals surface area contributed by atoms with Gasteiger partial charge < -0.3 is 9.30 Å². The molecule has 5 nitrogen and oxygen atoms in total. The molecule has 2 aromatic carbocycles. The molecule has 3 aromatic rings. The van der Waals surface area contributed by atoms with Gasteiger partial charge >= 0.3 is 0 Å². The van der Waals surface area contributed by atoms with E-state index in [9.17, 15) is 8.42 Å². The van der Waals surface area contributed by atoms with Gasteiger partial charge in [0.05, 0.1) is 12.1 Å². The number of aromatic nitrogens is 1. The maximum atomic E-state index is 12.6. The van der Waals surface area contributed by atoms with Crippen molar-refractivity contribution in [1.82, 2.24) is 9.29 Å². The lowest BCUT2D eigenvalue weighted by Gasteiger charge is -2.11. The quantitative estimate of drug-likeness (QED) is 0.668. The molecule has 0 aliphatic carbocycles. The minimum Gasteiger partial charge on any atom is -0.497 e. The number of halogens is 1. The van der Waals surface area contributed by atoms with E-state index < -0.39 is 10.0 Å². The first-order valence-electron chi connectivity index (χ1n) is 8.40. The van der Waals surface area contributed by atoms with Crippen LogP contribution < -0.4 is 9.46 Å². The van der Waals surface area contributed by atoms with Crippen molar-refractivity contribution in [3.05, 3.63) is 76.6 Å². The van der Waals surface area contributed by atoms with E-state index in [1.54, 1.807) is 25.3 Å². The Labute approximate surface area is 164 Å². The van der Waals surface area contributed by atoms with Gasteiger partial charge in [0, 0.05) is 23.6 Å². The van der Waals surface area contributed by atoms with Crippen molar-refractivity contribution in [3.63, 3.8) is 0 Å². The van der Waals surface area contributed by atoms with E-state index in [1.807, 2.05) is 44.2 Å². The predicted octanol–water partition coefficient (Wildman–Crippen LogP) is 4.23. The highest BCUT2D eigenvalue weighted by Gasteiger charge is 2.19. The fourth-order valence-corrected chi connectivity index (χ4v) is 4.57. The lowest BCUT2D eigenvalue weighted by Crippen LogP contribution is -2.23. The molecule has 0 atom stereocenters. The smallest absolute Gasteiger partial charge is 0.242 e. The molecule has 0 aliphatic heterocycles. The molecule has 1 aromatic heterocycles. The number of nitrogens with one attached hydrogen (secondary N) is 1. The summed E-state index contributed by atoms with van der Waals surface area (Å²) >= 11 is 6.02. The lowest BCUT2D eigenvalue weighted by molar-refractivity contribution is 0.414. The minimum atomic E-state index is -3.69. The molecular formula is C20H21ClN2O3S. The van der Waals surface area contributed by atoms with Crippen molar-refractivity contribution in [2.75, 3.05) is 7.11 Å². The SMILES string of the molecule is COc1ccc(-n2c(C)cc(CNS(=O)(=O)c3ccccc3Cl)c2C)cc1. The highest BCUT2D eigenvalue weighted by molar-refractivity contribution is 7.89. The van der Waals surface area contributed by atoms with Gasteiger partial charge in [-0.15, -0.1) is 0 Å². The minimum absolute atomic E-state index is 0.0793. The fraction of sp³-hybridized carbons (Fsp3) is 0.200. The number of sulfonamides is 1. The largest absolute Gasteiger partial charge is 0.497 e. The van der Waals surface area contributed by atoms with E-state index in [-0.39, 0.29) is 16.5 Å². The predicted molar refractivity (Wildman–Crippen MR) is 107 cm³/mol. The van der Waals surface area contributed by atoms with Gasteiger partial charge in [-0.3, -0.25) is 0 Å². The highest BCUT2D eigenvalue weighted by Crippen LogP contribution is 2.24. The Bertz CT molecular complexity index is 1060. The molecular weight excluding hydrogens is 384 g/mol. The molecule has 0 amide bonds. The maximum Gasteiger partial charge on any atom is 0.242 e. The Hall–Kier alpha value is -2.28. The first kappa shape index (κ1) is 19.5. The van der Waals surface area contributed by atoms with Crippen LogP contribution >= 0.6 is 11.6 Å². The molecule has 142 valence electrons. The Kier molecular flexibility index (Phi) is 5.60. The van der Waals surface area contributed by atoms with E-state index >= 15 is 0 Å². The van der Waals surface area contributed by atoms with Crippen LogP contribution in [-0.2, 0) is 16.6 Å². The summed E-state index contributed by atoms with van der Waals surface area (Å²) < 4.78 is 35.0. The zero-order valence-electron chi connectivity index (χ0n) is 15.4. The van der Waals surface area contributed by atoms with Crippen molar-refractivity contribution in [3.8, 4) is 11.4 Å². The number of nitrogens with zero attached hydrogens (tertiary/aromatic N) is 1. The molecule has 0 bridgehead atoms. The summed E-state index contributed by atoms with van der Waals surface area (Å²) in [5.74, 6) is 0.786. The summed E-state index contributed by atoms with van der Waals surface area (Å²) in [5.41, 5.74) is 3.88. The standard InChI is InChI=1S/C20H21ClN2O3S/c1-14-12-16(13-22-27(24,25)20-7-5-4-6-19(20)21)15(2)23(14)17-8-10-18(26-3)11-9-17/h4-12,22H,13H2,1-3H3. The van der Waals surface area contributed by atoms with E-state index in [1.165, 1.54) is 6.07 Å². The van der Waals surface area contributed by atoms with E-state index in [4.69, 9.17) is 16.3 Å². The molecule has 0 fully saturated rings. The van der Waals surface area contributed by atoms with Crippen molar-refractivity contribution < 1.29 is 13.2 Å². The monoisotopic (exact) mass is 404 g/mol. The average Bonchev–Trinajstić information content (AvgIpc) is 2.94. The van der Waals surface area contributed by atoms with Crippen LogP contribution in [0.25, 0.3) is 5.69 Å². The third-order valence-corrected chi connectivity index (χ3v) is 6.35. The van der Waals surface area contributed by atoms with Crippen LogP contribution in [0.15, 0.2) is 59.5 Å². The Balaban J connectivity index is 1.85. The molecule has 0 radical (unpaired) electrons. The van der Waals surface area contributed by atoms with Crippen LogP contribution in [0.1, 0.15) is 17.0 Å². The lowest BCUT2D eigenvalue weighted by atomic mass is 10.2. The van der Waals surface area contributed by atoms with Gasteiger partial charge in [0.25, 0.3) is 0 Å². The second-order valence-electron chi connectivity index (χ2n) is 6.18. The maximum absolute atomic E-state index is 12.6. The van der Waals surface area contributed by atoms with Crippen LogP contribution in [0.2, 0.25) is 5.02 Å². The first-order valence-corrected chi connectivity index (χ1v) is 10.3. The van der Waals surface area contributed by atoms with Gasteiger partial charge in [-0.1, -0.05) is 23.7 Å². The number of methoxy groups -OCH3 is 1. The summed E-state index contributed by atoms with van der Waals surface area (Å²) in [5, 5.41) is 0.203. The molecule has 1 N–H and O–H groups in total. The average molecular weight is 405 g/mol. The van der Waals surface area contributed by atoms with Crippen LogP contribution in [0.4, 0.5) is 0 Å². The summed E-state index contributed by atoms with van der Waals surface area (Å²) in [7, 11) is -2.06. The second kappa shape index (κ2) is 7.76. The summed E-state index contributed by atoms with van der Waals surface area (Å²) in [6.45, 7) is 4.14.